The normalized spacial score (nSPS) is 13.7. The summed E-state index contributed by atoms with van der Waals surface area (Å²) in [6, 6.07) is 0.0212. The lowest BCUT2D eigenvalue weighted by atomic mass is 10.1. The number of halogens is 1. The van der Waals surface area contributed by atoms with Crippen molar-refractivity contribution >= 4 is 37.0 Å². The zero-order valence-corrected chi connectivity index (χ0v) is 13.0. The van der Waals surface area contributed by atoms with Gasteiger partial charge in [0.05, 0.1) is 5.56 Å². The fourth-order valence-corrected chi connectivity index (χ4v) is 3.86. The maximum atomic E-state index is 12.0. The van der Waals surface area contributed by atoms with E-state index in [1.807, 2.05) is 20.8 Å². The SMILES string of the molecule is Cc1c(C(=O)NC(C)C(C)C)csc1S(=O)(=O)Cl. The van der Waals surface area contributed by atoms with Gasteiger partial charge in [-0.15, -0.1) is 11.3 Å². The molecule has 1 heterocycles. The molecule has 7 heteroatoms. The Morgan fingerprint density at radius 3 is 2.33 bits per heavy atom. The lowest BCUT2D eigenvalue weighted by Gasteiger charge is -2.17. The van der Waals surface area contributed by atoms with Crippen LogP contribution in [0.3, 0.4) is 0 Å². The van der Waals surface area contributed by atoms with Crippen LogP contribution in [0.15, 0.2) is 9.59 Å². The van der Waals surface area contributed by atoms with Crippen molar-refractivity contribution in [3.05, 3.63) is 16.5 Å². The van der Waals surface area contributed by atoms with E-state index in [4.69, 9.17) is 10.7 Å². The molecular weight excluding hydrogens is 294 g/mol. The molecule has 18 heavy (non-hydrogen) atoms. The average Bonchev–Trinajstić information content (AvgIpc) is 2.59. The number of nitrogens with one attached hydrogen (secondary N) is 1. The first-order valence-electron chi connectivity index (χ1n) is 5.48. The highest BCUT2D eigenvalue weighted by molar-refractivity contribution is 8.15. The standard InChI is InChI=1S/C11H16ClNO3S2/c1-6(2)8(4)13-10(14)9-5-17-11(7(9)3)18(12,15)16/h5-6,8H,1-4H3,(H,13,14). The van der Waals surface area contributed by atoms with Gasteiger partial charge in [-0.2, -0.15) is 0 Å². The second-order valence-corrected chi connectivity index (χ2v) is 8.15. The van der Waals surface area contributed by atoms with Gasteiger partial charge in [0.1, 0.15) is 4.21 Å². The second kappa shape index (κ2) is 5.59. The van der Waals surface area contributed by atoms with E-state index in [2.05, 4.69) is 5.32 Å². The minimum absolute atomic E-state index is 0.0212. The number of carbonyl (C=O) groups excluding carboxylic acids is 1. The molecule has 0 radical (unpaired) electrons. The molecule has 0 spiro atoms. The van der Waals surface area contributed by atoms with Crippen molar-refractivity contribution < 1.29 is 13.2 Å². The van der Waals surface area contributed by atoms with Gasteiger partial charge in [-0.1, -0.05) is 13.8 Å². The van der Waals surface area contributed by atoms with Gasteiger partial charge in [0.25, 0.3) is 15.0 Å². The van der Waals surface area contributed by atoms with Crippen LogP contribution in [0.5, 0.6) is 0 Å². The maximum Gasteiger partial charge on any atom is 0.271 e. The Morgan fingerprint density at radius 2 is 1.94 bits per heavy atom. The summed E-state index contributed by atoms with van der Waals surface area (Å²) in [6.07, 6.45) is 0. The molecule has 0 bridgehead atoms. The molecule has 0 fully saturated rings. The Bertz CT molecular complexity index is 549. The Kier molecular flexibility index (Phi) is 4.80. The van der Waals surface area contributed by atoms with Gasteiger partial charge in [-0.3, -0.25) is 4.79 Å². The fourth-order valence-electron chi connectivity index (χ4n) is 1.31. The van der Waals surface area contributed by atoms with Crippen molar-refractivity contribution in [1.82, 2.24) is 5.32 Å². The second-order valence-electron chi connectivity index (χ2n) is 4.51. The summed E-state index contributed by atoms with van der Waals surface area (Å²) in [5.74, 6) is 0.0423. The lowest BCUT2D eigenvalue weighted by molar-refractivity contribution is 0.0930. The van der Waals surface area contributed by atoms with Crippen LogP contribution in [0.25, 0.3) is 0 Å². The summed E-state index contributed by atoms with van der Waals surface area (Å²) in [5, 5.41) is 4.35. The number of rotatable bonds is 4. The molecule has 0 aliphatic heterocycles. The van der Waals surface area contributed by atoms with E-state index in [1.54, 1.807) is 6.92 Å². The molecule has 1 amide bonds. The zero-order chi connectivity index (χ0) is 14.1. The Labute approximate surface area is 116 Å². The van der Waals surface area contributed by atoms with Crippen molar-refractivity contribution in [1.29, 1.82) is 0 Å². The molecule has 1 N–H and O–H groups in total. The first kappa shape index (κ1) is 15.5. The smallest absolute Gasteiger partial charge is 0.271 e. The molecule has 0 aliphatic carbocycles. The van der Waals surface area contributed by atoms with Crippen LogP contribution >= 0.6 is 22.0 Å². The topological polar surface area (TPSA) is 63.2 Å². The van der Waals surface area contributed by atoms with Crippen molar-refractivity contribution in [3.63, 3.8) is 0 Å². The highest BCUT2D eigenvalue weighted by Crippen LogP contribution is 2.29. The van der Waals surface area contributed by atoms with Gasteiger partial charge >= 0.3 is 0 Å². The third-order valence-electron chi connectivity index (χ3n) is 2.82. The molecule has 0 aromatic carbocycles. The van der Waals surface area contributed by atoms with Gasteiger partial charge in [-0.25, -0.2) is 8.42 Å². The number of amides is 1. The zero-order valence-electron chi connectivity index (χ0n) is 10.7. The van der Waals surface area contributed by atoms with E-state index < -0.39 is 9.05 Å². The number of hydrogen-bond acceptors (Lipinski definition) is 4. The van der Waals surface area contributed by atoms with E-state index in [1.165, 1.54) is 5.38 Å². The van der Waals surface area contributed by atoms with E-state index >= 15 is 0 Å². The molecule has 1 aromatic rings. The average molecular weight is 310 g/mol. The summed E-state index contributed by atoms with van der Waals surface area (Å²) in [6.45, 7) is 7.49. The van der Waals surface area contributed by atoms with Crippen molar-refractivity contribution in [2.75, 3.05) is 0 Å². The maximum absolute atomic E-state index is 12.0. The minimum atomic E-state index is -3.78. The quantitative estimate of drug-likeness (QED) is 0.870. The Hall–Kier alpha value is -0.590. The largest absolute Gasteiger partial charge is 0.349 e. The van der Waals surface area contributed by atoms with Gasteiger partial charge in [0.2, 0.25) is 0 Å². The van der Waals surface area contributed by atoms with Crippen molar-refractivity contribution in [3.8, 4) is 0 Å². The highest BCUT2D eigenvalue weighted by atomic mass is 35.7. The molecule has 1 unspecified atom stereocenters. The van der Waals surface area contributed by atoms with Crippen molar-refractivity contribution in [2.24, 2.45) is 5.92 Å². The molecule has 0 aliphatic rings. The van der Waals surface area contributed by atoms with Gasteiger partial charge < -0.3 is 5.32 Å². The van der Waals surface area contributed by atoms with Crippen LogP contribution in [0, 0.1) is 12.8 Å². The summed E-state index contributed by atoms with van der Waals surface area (Å²) < 4.78 is 22.6. The van der Waals surface area contributed by atoms with Gasteiger partial charge in [0, 0.05) is 22.1 Å². The molecular formula is C11H16ClNO3S2. The molecule has 1 rings (SSSR count). The predicted molar refractivity (Wildman–Crippen MR) is 73.9 cm³/mol. The fraction of sp³-hybridized carbons (Fsp3) is 0.545. The Morgan fingerprint density at radius 1 is 1.39 bits per heavy atom. The van der Waals surface area contributed by atoms with E-state index in [9.17, 15) is 13.2 Å². The first-order chi connectivity index (χ1) is 8.14. The van der Waals surface area contributed by atoms with Crippen LogP contribution in [0.4, 0.5) is 0 Å². The molecule has 1 atom stereocenters. The van der Waals surface area contributed by atoms with Crippen LogP contribution in [-0.4, -0.2) is 20.4 Å². The Balaban J connectivity index is 2.99. The predicted octanol–water partition coefficient (Wildman–Crippen LogP) is 2.76. The first-order valence-corrected chi connectivity index (χ1v) is 8.67. The lowest BCUT2D eigenvalue weighted by Crippen LogP contribution is -2.36. The van der Waals surface area contributed by atoms with Gasteiger partial charge in [-0.05, 0) is 25.3 Å². The third kappa shape index (κ3) is 3.46. The van der Waals surface area contributed by atoms with Crippen LogP contribution in [0.2, 0.25) is 0 Å². The molecule has 102 valence electrons. The highest BCUT2D eigenvalue weighted by Gasteiger charge is 2.23. The number of thiophene rings is 1. The number of hydrogen-bond donors (Lipinski definition) is 1. The molecule has 4 nitrogen and oxygen atoms in total. The van der Waals surface area contributed by atoms with Crippen LogP contribution in [0.1, 0.15) is 36.7 Å². The molecule has 0 saturated heterocycles. The molecule has 1 aromatic heterocycles. The van der Waals surface area contributed by atoms with Crippen LogP contribution < -0.4 is 5.32 Å². The van der Waals surface area contributed by atoms with Crippen molar-refractivity contribution in [2.45, 2.75) is 37.9 Å². The summed E-state index contributed by atoms with van der Waals surface area (Å²) in [4.78, 5) is 12.0. The summed E-state index contributed by atoms with van der Waals surface area (Å²) in [7, 11) is 1.51. The van der Waals surface area contributed by atoms with E-state index in [0.29, 0.717) is 17.0 Å². The minimum Gasteiger partial charge on any atom is -0.349 e. The van der Waals surface area contributed by atoms with E-state index in [-0.39, 0.29) is 16.2 Å². The van der Waals surface area contributed by atoms with Crippen LogP contribution in [-0.2, 0) is 9.05 Å². The summed E-state index contributed by atoms with van der Waals surface area (Å²) in [5.41, 5.74) is 0.773. The van der Waals surface area contributed by atoms with E-state index in [0.717, 1.165) is 11.3 Å². The number of carbonyl (C=O) groups is 1. The monoisotopic (exact) mass is 309 g/mol. The summed E-state index contributed by atoms with van der Waals surface area (Å²) >= 11 is 0.966. The van der Waals surface area contributed by atoms with Gasteiger partial charge in [0.15, 0.2) is 0 Å². The molecule has 0 saturated carbocycles. The third-order valence-corrected chi connectivity index (χ3v) is 6.13.